The molecule has 0 unspecified atom stereocenters. The van der Waals surface area contributed by atoms with Gasteiger partial charge in [0.2, 0.25) is 0 Å². The lowest BCUT2D eigenvalue weighted by atomic mass is 10.1. The minimum absolute atomic E-state index is 0.854. The summed E-state index contributed by atoms with van der Waals surface area (Å²) in [6, 6.07) is 13.0. The fraction of sp³-hybridized carbons (Fsp3) is 0.235. The van der Waals surface area contributed by atoms with E-state index >= 15 is 0 Å². The maximum absolute atomic E-state index is 4.57. The molecular formula is C17H18N2S2. The standard InChI is InChI=1S/C17H18N2S2/c1-11-4-5-12(2)13(8-11)10-18-14-6-7-15-16(9-14)21-17(19-15)20-3/h4-9,18H,10H2,1-3H3. The van der Waals surface area contributed by atoms with Crippen LogP contribution in [0.3, 0.4) is 0 Å². The van der Waals surface area contributed by atoms with Crippen LogP contribution in [0.5, 0.6) is 0 Å². The fourth-order valence-corrected chi connectivity index (χ4v) is 3.82. The molecule has 0 radical (unpaired) electrons. The van der Waals surface area contributed by atoms with Crippen LogP contribution in [0.15, 0.2) is 40.7 Å². The van der Waals surface area contributed by atoms with Crippen LogP contribution in [0.25, 0.3) is 10.2 Å². The van der Waals surface area contributed by atoms with Crippen molar-refractivity contribution in [2.75, 3.05) is 11.6 Å². The topological polar surface area (TPSA) is 24.9 Å². The molecule has 2 aromatic carbocycles. The lowest BCUT2D eigenvalue weighted by Gasteiger charge is -2.10. The molecule has 1 aromatic heterocycles. The summed E-state index contributed by atoms with van der Waals surface area (Å²) in [5, 5.41) is 3.52. The molecule has 0 aliphatic carbocycles. The largest absolute Gasteiger partial charge is 0.381 e. The zero-order chi connectivity index (χ0) is 14.8. The van der Waals surface area contributed by atoms with Crippen LogP contribution in [-0.2, 0) is 6.54 Å². The van der Waals surface area contributed by atoms with Crippen molar-refractivity contribution in [2.45, 2.75) is 24.7 Å². The third-order valence-electron chi connectivity index (χ3n) is 3.53. The summed E-state index contributed by atoms with van der Waals surface area (Å²) in [5.74, 6) is 0. The highest BCUT2D eigenvalue weighted by Crippen LogP contribution is 2.30. The van der Waals surface area contributed by atoms with E-state index in [1.54, 1.807) is 23.1 Å². The Bertz CT molecular complexity index is 778. The van der Waals surface area contributed by atoms with Crippen LogP contribution in [0, 0.1) is 13.8 Å². The number of anilines is 1. The number of nitrogens with zero attached hydrogens (tertiary/aromatic N) is 1. The van der Waals surface area contributed by atoms with Crippen molar-refractivity contribution in [1.29, 1.82) is 0 Å². The van der Waals surface area contributed by atoms with Gasteiger partial charge in [0, 0.05) is 12.2 Å². The Morgan fingerprint density at radius 3 is 2.81 bits per heavy atom. The summed E-state index contributed by atoms with van der Waals surface area (Å²) in [6.45, 7) is 5.15. The molecule has 0 aliphatic heterocycles. The second-order valence-corrected chi connectivity index (χ2v) is 7.23. The first-order valence-electron chi connectivity index (χ1n) is 6.90. The number of fused-ring (bicyclic) bond motifs is 1. The number of benzene rings is 2. The molecule has 0 bridgehead atoms. The summed E-state index contributed by atoms with van der Waals surface area (Å²) in [4.78, 5) is 4.57. The molecule has 0 saturated carbocycles. The van der Waals surface area contributed by atoms with Crippen LogP contribution in [-0.4, -0.2) is 11.2 Å². The SMILES string of the molecule is CSc1nc2ccc(NCc3cc(C)ccc3C)cc2s1. The molecule has 3 aromatic rings. The summed E-state index contributed by atoms with van der Waals surface area (Å²) >= 11 is 3.45. The lowest BCUT2D eigenvalue weighted by Crippen LogP contribution is -2.01. The van der Waals surface area contributed by atoms with E-state index in [1.807, 2.05) is 0 Å². The molecule has 1 N–H and O–H groups in total. The van der Waals surface area contributed by atoms with E-state index in [0.717, 1.165) is 22.1 Å². The highest BCUT2D eigenvalue weighted by Gasteiger charge is 2.04. The van der Waals surface area contributed by atoms with Gasteiger partial charge in [-0.05, 0) is 49.4 Å². The van der Waals surface area contributed by atoms with Crippen molar-refractivity contribution in [1.82, 2.24) is 4.98 Å². The third-order valence-corrected chi connectivity index (χ3v) is 5.53. The molecule has 21 heavy (non-hydrogen) atoms. The van der Waals surface area contributed by atoms with Gasteiger partial charge in [0.25, 0.3) is 0 Å². The highest BCUT2D eigenvalue weighted by atomic mass is 32.2. The van der Waals surface area contributed by atoms with Gasteiger partial charge >= 0.3 is 0 Å². The smallest absolute Gasteiger partial charge is 0.150 e. The van der Waals surface area contributed by atoms with E-state index < -0.39 is 0 Å². The van der Waals surface area contributed by atoms with Crippen LogP contribution in [0.4, 0.5) is 5.69 Å². The quantitative estimate of drug-likeness (QED) is 0.666. The normalized spacial score (nSPS) is 11.0. The average Bonchev–Trinajstić information content (AvgIpc) is 2.90. The number of rotatable bonds is 4. The van der Waals surface area contributed by atoms with E-state index in [2.05, 4.69) is 66.8 Å². The van der Waals surface area contributed by atoms with Gasteiger partial charge in [0.15, 0.2) is 4.34 Å². The van der Waals surface area contributed by atoms with Crippen molar-refractivity contribution < 1.29 is 0 Å². The maximum Gasteiger partial charge on any atom is 0.150 e. The number of aryl methyl sites for hydroxylation is 2. The average molecular weight is 314 g/mol. The minimum atomic E-state index is 0.854. The first kappa shape index (κ1) is 14.4. The minimum Gasteiger partial charge on any atom is -0.381 e. The van der Waals surface area contributed by atoms with Crippen molar-refractivity contribution in [3.8, 4) is 0 Å². The Morgan fingerprint density at radius 1 is 1.14 bits per heavy atom. The predicted octanol–water partition coefficient (Wildman–Crippen LogP) is 5.25. The van der Waals surface area contributed by atoms with Crippen molar-refractivity contribution in [3.05, 3.63) is 53.1 Å². The van der Waals surface area contributed by atoms with Gasteiger partial charge in [-0.2, -0.15) is 0 Å². The number of nitrogens with one attached hydrogen (secondary N) is 1. The molecule has 0 spiro atoms. The maximum atomic E-state index is 4.57. The van der Waals surface area contributed by atoms with Gasteiger partial charge in [-0.3, -0.25) is 0 Å². The van der Waals surface area contributed by atoms with Crippen LogP contribution >= 0.6 is 23.1 Å². The predicted molar refractivity (Wildman–Crippen MR) is 94.6 cm³/mol. The van der Waals surface area contributed by atoms with E-state index in [1.165, 1.54) is 21.4 Å². The number of aromatic nitrogens is 1. The summed E-state index contributed by atoms with van der Waals surface area (Å²) < 4.78 is 2.36. The first-order chi connectivity index (χ1) is 10.2. The van der Waals surface area contributed by atoms with E-state index in [-0.39, 0.29) is 0 Å². The summed E-state index contributed by atoms with van der Waals surface area (Å²) in [5.41, 5.74) is 6.22. The molecule has 0 aliphatic rings. The number of thioether (sulfide) groups is 1. The zero-order valence-corrected chi connectivity index (χ0v) is 14.1. The van der Waals surface area contributed by atoms with E-state index in [4.69, 9.17) is 0 Å². The Labute approximate surface area is 133 Å². The Morgan fingerprint density at radius 2 is 2.00 bits per heavy atom. The Hall–Kier alpha value is -1.52. The molecule has 0 fully saturated rings. The summed E-state index contributed by atoms with van der Waals surface area (Å²) in [7, 11) is 0. The molecule has 0 atom stereocenters. The number of thiazole rings is 1. The third kappa shape index (κ3) is 3.22. The van der Waals surface area contributed by atoms with Crippen molar-refractivity contribution in [2.24, 2.45) is 0 Å². The highest BCUT2D eigenvalue weighted by molar-refractivity contribution is 8.00. The van der Waals surface area contributed by atoms with Crippen molar-refractivity contribution >= 4 is 39.0 Å². The second kappa shape index (κ2) is 6.08. The van der Waals surface area contributed by atoms with Crippen molar-refractivity contribution in [3.63, 3.8) is 0 Å². The molecular weight excluding hydrogens is 296 g/mol. The van der Waals surface area contributed by atoms with Gasteiger partial charge < -0.3 is 5.32 Å². The van der Waals surface area contributed by atoms with Gasteiger partial charge in [-0.1, -0.05) is 35.5 Å². The Kier molecular flexibility index (Phi) is 4.17. The zero-order valence-electron chi connectivity index (χ0n) is 12.4. The molecule has 1 heterocycles. The van der Waals surface area contributed by atoms with Crippen LogP contribution < -0.4 is 5.32 Å². The van der Waals surface area contributed by atoms with E-state index in [0.29, 0.717) is 0 Å². The molecule has 0 saturated heterocycles. The van der Waals surface area contributed by atoms with Gasteiger partial charge in [0.1, 0.15) is 0 Å². The summed E-state index contributed by atoms with van der Waals surface area (Å²) in [6.07, 6.45) is 2.07. The van der Waals surface area contributed by atoms with E-state index in [9.17, 15) is 0 Å². The Balaban J connectivity index is 1.80. The lowest BCUT2D eigenvalue weighted by molar-refractivity contribution is 1.11. The molecule has 3 rings (SSSR count). The second-order valence-electron chi connectivity index (χ2n) is 5.15. The number of hydrogen-bond acceptors (Lipinski definition) is 4. The van der Waals surface area contributed by atoms with Crippen LogP contribution in [0.1, 0.15) is 16.7 Å². The van der Waals surface area contributed by atoms with Gasteiger partial charge in [-0.15, -0.1) is 11.3 Å². The molecule has 2 nitrogen and oxygen atoms in total. The fourth-order valence-electron chi connectivity index (χ4n) is 2.29. The number of hydrogen-bond donors (Lipinski definition) is 1. The van der Waals surface area contributed by atoms with Gasteiger partial charge in [0.05, 0.1) is 10.2 Å². The molecule has 4 heteroatoms. The van der Waals surface area contributed by atoms with Gasteiger partial charge in [-0.25, -0.2) is 4.98 Å². The molecule has 108 valence electrons. The molecule has 0 amide bonds. The monoisotopic (exact) mass is 314 g/mol. The van der Waals surface area contributed by atoms with Crippen LogP contribution in [0.2, 0.25) is 0 Å². The first-order valence-corrected chi connectivity index (χ1v) is 8.94.